The standard InChI is InChI=1S/C21H24BrClN4O/c22-17-12-27(11-16-3-1-2-4-18(16)23)26-19(17)24-20(28)25-21-8-13-5-14(9-21)7-15(6-13)10-21/h1-4,12-15H,5-11H2,(H2,24,25,26,28). The van der Waals surface area contributed by atoms with Gasteiger partial charge in [-0.2, -0.15) is 5.10 Å². The van der Waals surface area contributed by atoms with E-state index in [1.807, 2.05) is 30.5 Å². The van der Waals surface area contributed by atoms with Crippen molar-refractivity contribution in [1.29, 1.82) is 0 Å². The Morgan fingerprint density at radius 1 is 1.18 bits per heavy atom. The van der Waals surface area contributed by atoms with Gasteiger partial charge >= 0.3 is 6.03 Å². The zero-order chi connectivity index (χ0) is 19.3. The molecule has 0 aliphatic heterocycles. The number of anilines is 1. The fourth-order valence-corrected chi connectivity index (χ4v) is 6.62. The molecule has 0 radical (unpaired) electrons. The molecule has 1 heterocycles. The van der Waals surface area contributed by atoms with Gasteiger partial charge in [0.25, 0.3) is 0 Å². The van der Waals surface area contributed by atoms with Crippen LogP contribution in [-0.4, -0.2) is 21.4 Å². The quantitative estimate of drug-likeness (QED) is 0.634. The van der Waals surface area contributed by atoms with E-state index in [2.05, 4.69) is 31.7 Å². The molecule has 0 spiro atoms. The molecule has 0 unspecified atom stereocenters. The summed E-state index contributed by atoms with van der Waals surface area (Å²) in [4.78, 5) is 12.8. The van der Waals surface area contributed by atoms with E-state index >= 15 is 0 Å². The summed E-state index contributed by atoms with van der Waals surface area (Å²) in [7, 11) is 0. The van der Waals surface area contributed by atoms with E-state index in [-0.39, 0.29) is 11.6 Å². The lowest BCUT2D eigenvalue weighted by atomic mass is 9.53. The van der Waals surface area contributed by atoms with Crippen molar-refractivity contribution in [3.05, 3.63) is 45.5 Å². The summed E-state index contributed by atoms with van der Waals surface area (Å²) in [5.41, 5.74) is 0.981. The van der Waals surface area contributed by atoms with Gasteiger partial charge in [0.1, 0.15) is 0 Å². The van der Waals surface area contributed by atoms with E-state index in [1.165, 1.54) is 19.3 Å². The van der Waals surface area contributed by atoms with Crippen LogP contribution in [0.1, 0.15) is 44.1 Å². The van der Waals surface area contributed by atoms with Gasteiger partial charge in [0.05, 0.1) is 11.0 Å². The highest BCUT2D eigenvalue weighted by Crippen LogP contribution is 2.55. The molecule has 4 aliphatic rings. The maximum Gasteiger partial charge on any atom is 0.320 e. The number of carbonyl (C=O) groups is 1. The lowest BCUT2D eigenvalue weighted by Gasteiger charge is -2.56. The van der Waals surface area contributed by atoms with Gasteiger partial charge in [-0.05, 0) is 83.8 Å². The van der Waals surface area contributed by atoms with Crippen LogP contribution in [0.3, 0.4) is 0 Å². The molecule has 0 saturated heterocycles. The van der Waals surface area contributed by atoms with Crippen LogP contribution < -0.4 is 10.6 Å². The molecule has 4 fully saturated rings. The summed E-state index contributed by atoms with van der Waals surface area (Å²) in [6.07, 6.45) is 9.35. The average Bonchev–Trinajstić information content (AvgIpc) is 2.94. The van der Waals surface area contributed by atoms with Gasteiger partial charge in [-0.1, -0.05) is 29.8 Å². The van der Waals surface area contributed by atoms with Crippen molar-refractivity contribution in [2.24, 2.45) is 17.8 Å². The van der Waals surface area contributed by atoms with Gasteiger partial charge in [-0.3, -0.25) is 10.00 Å². The van der Waals surface area contributed by atoms with Crippen molar-refractivity contribution < 1.29 is 4.79 Å². The predicted molar refractivity (Wildman–Crippen MR) is 114 cm³/mol. The molecule has 4 aliphatic carbocycles. The predicted octanol–water partition coefficient (Wildman–Crippen LogP) is 5.44. The van der Waals surface area contributed by atoms with Crippen molar-refractivity contribution in [3.8, 4) is 0 Å². The molecule has 5 nitrogen and oxygen atoms in total. The maximum absolute atomic E-state index is 12.8. The van der Waals surface area contributed by atoms with Crippen molar-refractivity contribution in [2.45, 2.75) is 50.6 Å². The number of amides is 2. The first kappa shape index (κ1) is 18.5. The molecule has 2 aromatic rings. The third kappa shape index (κ3) is 3.57. The number of aromatic nitrogens is 2. The molecular formula is C21H24BrClN4O. The second-order valence-corrected chi connectivity index (χ2v) is 10.2. The van der Waals surface area contributed by atoms with Crippen LogP contribution in [0.2, 0.25) is 5.02 Å². The Bertz CT molecular complexity index is 876. The third-order valence-corrected chi connectivity index (χ3v) is 7.61. The van der Waals surface area contributed by atoms with Gasteiger partial charge in [0.2, 0.25) is 0 Å². The van der Waals surface area contributed by atoms with E-state index in [0.29, 0.717) is 17.4 Å². The van der Waals surface area contributed by atoms with Gasteiger partial charge in [-0.25, -0.2) is 4.79 Å². The Kier molecular flexibility index (Phi) is 4.67. The maximum atomic E-state index is 12.8. The normalized spacial score (nSPS) is 30.4. The van der Waals surface area contributed by atoms with Crippen LogP contribution in [0.25, 0.3) is 0 Å². The lowest BCUT2D eigenvalue weighted by molar-refractivity contribution is -0.0127. The van der Waals surface area contributed by atoms with Crippen LogP contribution in [-0.2, 0) is 6.54 Å². The first-order chi connectivity index (χ1) is 13.5. The number of hydrogen-bond acceptors (Lipinski definition) is 2. The van der Waals surface area contributed by atoms with E-state index in [0.717, 1.165) is 47.1 Å². The zero-order valence-electron chi connectivity index (χ0n) is 15.6. The Morgan fingerprint density at radius 2 is 1.82 bits per heavy atom. The summed E-state index contributed by atoms with van der Waals surface area (Å²) < 4.78 is 2.55. The Balaban J connectivity index is 1.26. The molecule has 4 bridgehead atoms. The van der Waals surface area contributed by atoms with Gasteiger partial charge in [0, 0.05) is 16.8 Å². The highest BCUT2D eigenvalue weighted by molar-refractivity contribution is 9.10. The number of nitrogens with zero attached hydrogens (tertiary/aromatic N) is 2. The van der Waals surface area contributed by atoms with Crippen molar-refractivity contribution in [2.75, 3.05) is 5.32 Å². The lowest BCUT2D eigenvalue weighted by Crippen LogP contribution is -2.60. The minimum absolute atomic E-state index is 0.00849. The zero-order valence-corrected chi connectivity index (χ0v) is 18.0. The highest BCUT2D eigenvalue weighted by atomic mass is 79.9. The highest BCUT2D eigenvalue weighted by Gasteiger charge is 2.51. The molecule has 0 atom stereocenters. The fourth-order valence-electron chi connectivity index (χ4n) is 6.01. The molecule has 148 valence electrons. The second kappa shape index (κ2) is 7.06. The Hall–Kier alpha value is -1.53. The van der Waals surface area contributed by atoms with Crippen molar-refractivity contribution in [1.82, 2.24) is 15.1 Å². The number of halogens is 2. The number of nitrogens with one attached hydrogen (secondary N) is 2. The third-order valence-electron chi connectivity index (χ3n) is 6.66. The topological polar surface area (TPSA) is 59.0 Å². The molecule has 2 N–H and O–H groups in total. The van der Waals surface area contributed by atoms with Crippen LogP contribution in [0.15, 0.2) is 34.9 Å². The molecule has 7 heteroatoms. The summed E-state index contributed by atoms with van der Waals surface area (Å²) in [6, 6.07) is 7.56. The first-order valence-corrected chi connectivity index (χ1v) is 11.2. The molecule has 28 heavy (non-hydrogen) atoms. The van der Waals surface area contributed by atoms with Crippen LogP contribution in [0.4, 0.5) is 10.6 Å². The van der Waals surface area contributed by atoms with Gasteiger partial charge in [0.15, 0.2) is 5.82 Å². The van der Waals surface area contributed by atoms with Crippen molar-refractivity contribution in [3.63, 3.8) is 0 Å². The SMILES string of the molecule is O=C(Nc1nn(Cc2ccccc2Cl)cc1Br)NC12CC3CC(CC(C3)C1)C2. The molecule has 4 saturated carbocycles. The number of rotatable bonds is 4. The summed E-state index contributed by atoms with van der Waals surface area (Å²) in [6.45, 7) is 0.552. The smallest absolute Gasteiger partial charge is 0.320 e. The van der Waals surface area contributed by atoms with E-state index in [4.69, 9.17) is 11.6 Å². The van der Waals surface area contributed by atoms with Crippen LogP contribution in [0.5, 0.6) is 0 Å². The fraction of sp³-hybridized carbons (Fsp3) is 0.524. The molecule has 6 rings (SSSR count). The monoisotopic (exact) mass is 462 g/mol. The van der Waals surface area contributed by atoms with Gasteiger partial charge < -0.3 is 5.32 Å². The van der Waals surface area contributed by atoms with Crippen LogP contribution >= 0.6 is 27.5 Å². The molecule has 1 aromatic carbocycles. The largest absolute Gasteiger partial charge is 0.332 e. The number of hydrogen-bond donors (Lipinski definition) is 2. The minimum Gasteiger partial charge on any atom is -0.332 e. The molecule has 2 amide bonds. The number of carbonyl (C=O) groups excluding carboxylic acids is 1. The minimum atomic E-state index is -0.148. The average molecular weight is 464 g/mol. The van der Waals surface area contributed by atoms with E-state index in [9.17, 15) is 4.79 Å². The number of benzene rings is 1. The number of urea groups is 1. The van der Waals surface area contributed by atoms with E-state index in [1.54, 1.807) is 4.68 Å². The van der Waals surface area contributed by atoms with Gasteiger partial charge in [-0.15, -0.1) is 0 Å². The molecular weight excluding hydrogens is 440 g/mol. The molecule has 1 aromatic heterocycles. The van der Waals surface area contributed by atoms with Crippen molar-refractivity contribution >= 4 is 39.4 Å². The second-order valence-electron chi connectivity index (χ2n) is 8.89. The summed E-state index contributed by atoms with van der Waals surface area (Å²) in [5, 5.41) is 11.5. The summed E-state index contributed by atoms with van der Waals surface area (Å²) in [5.74, 6) is 2.93. The first-order valence-electron chi connectivity index (χ1n) is 10.0. The summed E-state index contributed by atoms with van der Waals surface area (Å²) >= 11 is 9.76. The Labute approximate surface area is 178 Å². The Morgan fingerprint density at radius 3 is 2.46 bits per heavy atom. The van der Waals surface area contributed by atoms with E-state index < -0.39 is 0 Å². The van der Waals surface area contributed by atoms with Crippen LogP contribution in [0, 0.1) is 17.8 Å².